The second-order valence-electron chi connectivity index (χ2n) is 7.73. The fourth-order valence-corrected chi connectivity index (χ4v) is 6.17. The zero-order valence-electron chi connectivity index (χ0n) is 16.9. The lowest BCUT2D eigenvalue weighted by Crippen LogP contribution is -2.36. The van der Waals surface area contributed by atoms with E-state index < -0.39 is 0 Å². The molecular weight excluding hydrogens is 412 g/mol. The van der Waals surface area contributed by atoms with Gasteiger partial charge in [-0.05, 0) is 36.6 Å². The van der Waals surface area contributed by atoms with Gasteiger partial charge < -0.3 is 9.64 Å². The Morgan fingerprint density at radius 2 is 1.80 bits per heavy atom. The van der Waals surface area contributed by atoms with Gasteiger partial charge in [-0.25, -0.2) is 15.0 Å². The highest BCUT2D eigenvalue weighted by atomic mass is 32.2. The average molecular weight is 435 g/mol. The predicted octanol–water partition coefficient (Wildman–Crippen LogP) is 4.95. The van der Waals surface area contributed by atoms with Crippen LogP contribution in [0.1, 0.15) is 17.5 Å². The first kappa shape index (κ1) is 18.5. The van der Waals surface area contributed by atoms with E-state index in [1.165, 1.54) is 28.5 Å². The molecule has 7 heteroatoms. The van der Waals surface area contributed by atoms with E-state index >= 15 is 0 Å². The molecule has 0 bridgehead atoms. The smallest absolute Gasteiger partial charge is 0.189 e. The number of ether oxygens (including phenoxy) is 1. The Bertz CT molecular complexity index is 1250. The van der Waals surface area contributed by atoms with Gasteiger partial charge >= 0.3 is 0 Å². The van der Waals surface area contributed by atoms with Gasteiger partial charge in [0, 0.05) is 24.0 Å². The fourth-order valence-electron chi connectivity index (χ4n) is 4.65. The number of aryl methyl sites for hydroxylation is 1. The molecule has 0 N–H and O–H groups in total. The molecule has 3 aromatic heterocycles. The van der Waals surface area contributed by atoms with Crippen LogP contribution in [0.25, 0.3) is 31.7 Å². The largest absolute Gasteiger partial charge is 0.378 e. The topological polar surface area (TPSA) is 51.1 Å². The normalized spacial score (nSPS) is 16.5. The van der Waals surface area contributed by atoms with Crippen molar-refractivity contribution in [1.29, 1.82) is 0 Å². The third kappa shape index (κ3) is 2.91. The zero-order chi connectivity index (χ0) is 20.1. The first-order valence-corrected chi connectivity index (χ1v) is 12.5. The third-order valence-corrected chi connectivity index (χ3v) is 7.65. The van der Waals surface area contributed by atoms with Crippen molar-refractivity contribution in [1.82, 2.24) is 15.0 Å². The van der Waals surface area contributed by atoms with Crippen molar-refractivity contribution in [3.8, 4) is 11.3 Å². The molecule has 1 saturated heterocycles. The van der Waals surface area contributed by atoms with Crippen molar-refractivity contribution >= 4 is 49.3 Å². The van der Waals surface area contributed by atoms with Crippen LogP contribution in [-0.2, 0) is 17.6 Å². The number of hydrogen-bond donors (Lipinski definition) is 0. The summed E-state index contributed by atoms with van der Waals surface area (Å²) in [6.07, 6.45) is 5.43. The van der Waals surface area contributed by atoms with Gasteiger partial charge in [0.1, 0.15) is 4.83 Å². The number of aromatic nitrogens is 3. The lowest BCUT2D eigenvalue weighted by molar-refractivity contribution is 0.122. The van der Waals surface area contributed by atoms with Crippen LogP contribution in [0.3, 0.4) is 0 Å². The first-order valence-electron chi connectivity index (χ1n) is 10.4. The highest BCUT2D eigenvalue weighted by molar-refractivity contribution is 7.98. The number of hydrogen-bond acceptors (Lipinski definition) is 7. The minimum Gasteiger partial charge on any atom is -0.378 e. The van der Waals surface area contributed by atoms with Crippen molar-refractivity contribution in [2.45, 2.75) is 24.4 Å². The molecule has 4 aromatic rings. The van der Waals surface area contributed by atoms with Crippen LogP contribution in [-0.4, -0.2) is 47.5 Å². The summed E-state index contributed by atoms with van der Waals surface area (Å²) in [5.74, 6) is 1.05. The monoisotopic (exact) mass is 434 g/mol. The number of rotatable bonds is 3. The van der Waals surface area contributed by atoms with Gasteiger partial charge in [0.15, 0.2) is 11.0 Å². The number of anilines is 1. The van der Waals surface area contributed by atoms with Crippen LogP contribution in [0.4, 0.5) is 5.82 Å². The summed E-state index contributed by atoms with van der Waals surface area (Å²) in [5, 5.41) is 2.09. The maximum atomic E-state index is 5.57. The maximum absolute atomic E-state index is 5.57. The Balaban J connectivity index is 1.65. The van der Waals surface area contributed by atoms with Gasteiger partial charge in [0.25, 0.3) is 0 Å². The quantitative estimate of drug-likeness (QED) is 0.336. The van der Waals surface area contributed by atoms with E-state index in [0.717, 1.165) is 70.9 Å². The summed E-state index contributed by atoms with van der Waals surface area (Å²) in [6.45, 7) is 3.23. The van der Waals surface area contributed by atoms with Crippen LogP contribution in [0.15, 0.2) is 35.5 Å². The van der Waals surface area contributed by atoms with E-state index in [4.69, 9.17) is 19.7 Å². The molecule has 5 nitrogen and oxygen atoms in total. The summed E-state index contributed by atoms with van der Waals surface area (Å²) < 4.78 is 6.74. The highest BCUT2D eigenvalue weighted by Crippen LogP contribution is 2.44. The van der Waals surface area contributed by atoms with Crippen LogP contribution in [0, 0.1) is 0 Å². The van der Waals surface area contributed by atoms with Gasteiger partial charge in [0.05, 0.1) is 29.1 Å². The number of thiophene rings is 1. The average Bonchev–Trinajstić information content (AvgIpc) is 3.43. The predicted molar refractivity (Wildman–Crippen MR) is 125 cm³/mol. The Morgan fingerprint density at radius 1 is 1.00 bits per heavy atom. The summed E-state index contributed by atoms with van der Waals surface area (Å²) in [6, 6.07) is 10.6. The SMILES string of the molecule is CSc1nc(N2CCOCC2)c2sc3nc(-c4ccccc4)c4c(c3c2n1)CCC4. The molecule has 1 aliphatic carbocycles. The maximum Gasteiger partial charge on any atom is 0.189 e. The van der Waals surface area contributed by atoms with Crippen molar-refractivity contribution in [3.63, 3.8) is 0 Å². The molecule has 152 valence electrons. The van der Waals surface area contributed by atoms with Gasteiger partial charge in [-0.1, -0.05) is 42.1 Å². The Hall–Kier alpha value is -2.22. The first-order chi connectivity index (χ1) is 14.8. The van der Waals surface area contributed by atoms with Crippen LogP contribution < -0.4 is 4.90 Å². The second kappa shape index (κ2) is 7.48. The van der Waals surface area contributed by atoms with Crippen molar-refractivity contribution in [2.24, 2.45) is 0 Å². The molecule has 0 atom stereocenters. The molecule has 0 radical (unpaired) electrons. The molecule has 0 unspecified atom stereocenters. The van der Waals surface area contributed by atoms with Crippen LogP contribution in [0.2, 0.25) is 0 Å². The number of fused-ring (bicyclic) bond motifs is 5. The summed E-state index contributed by atoms with van der Waals surface area (Å²) in [5.41, 5.74) is 6.29. The standard InChI is InChI=1S/C23H22N4OS2/c1-29-23-25-19-17-15-8-5-9-16(15)18(14-6-3-2-4-7-14)24-22(17)30-20(19)21(26-23)27-10-12-28-13-11-27/h2-4,6-7H,5,8-13H2,1H3. The van der Waals surface area contributed by atoms with Gasteiger partial charge in [-0.3, -0.25) is 0 Å². The van der Waals surface area contributed by atoms with Crippen molar-refractivity contribution in [3.05, 3.63) is 41.5 Å². The molecule has 4 heterocycles. The molecule has 0 saturated carbocycles. The second-order valence-corrected chi connectivity index (χ2v) is 9.50. The fraction of sp³-hybridized carbons (Fsp3) is 0.348. The molecule has 0 amide bonds. The minimum atomic E-state index is 0.747. The van der Waals surface area contributed by atoms with E-state index in [1.54, 1.807) is 23.1 Å². The van der Waals surface area contributed by atoms with Crippen molar-refractivity contribution in [2.75, 3.05) is 37.5 Å². The van der Waals surface area contributed by atoms with Crippen LogP contribution >= 0.6 is 23.1 Å². The molecule has 1 aromatic carbocycles. The van der Waals surface area contributed by atoms with E-state index in [-0.39, 0.29) is 0 Å². The number of thioether (sulfide) groups is 1. The number of benzene rings is 1. The molecule has 0 spiro atoms. The van der Waals surface area contributed by atoms with E-state index in [9.17, 15) is 0 Å². The van der Waals surface area contributed by atoms with Crippen LogP contribution in [0.5, 0.6) is 0 Å². The highest BCUT2D eigenvalue weighted by Gasteiger charge is 2.27. The number of nitrogens with zero attached hydrogens (tertiary/aromatic N) is 4. The van der Waals surface area contributed by atoms with E-state index in [1.807, 2.05) is 0 Å². The Kier molecular flexibility index (Phi) is 4.62. The number of morpholine rings is 1. The van der Waals surface area contributed by atoms with E-state index in [0.29, 0.717) is 0 Å². The lowest BCUT2D eigenvalue weighted by atomic mass is 10.0. The molecule has 2 aliphatic rings. The van der Waals surface area contributed by atoms with E-state index in [2.05, 4.69) is 41.5 Å². The zero-order valence-corrected chi connectivity index (χ0v) is 18.5. The molecule has 1 aliphatic heterocycles. The van der Waals surface area contributed by atoms with Gasteiger partial charge in [-0.2, -0.15) is 0 Å². The van der Waals surface area contributed by atoms with Gasteiger partial charge in [0.2, 0.25) is 0 Å². The Labute approximate surface area is 183 Å². The minimum absolute atomic E-state index is 0.747. The Morgan fingerprint density at radius 3 is 2.60 bits per heavy atom. The third-order valence-electron chi connectivity index (χ3n) is 6.04. The molecule has 30 heavy (non-hydrogen) atoms. The molecule has 1 fully saturated rings. The van der Waals surface area contributed by atoms with Crippen molar-refractivity contribution < 1.29 is 4.74 Å². The number of pyridine rings is 1. The van der Waals surface area contributed by atoms with Gasteiger partial charge in [-0.15, -0.1) is 11.3 Å². The molecular formula is C23H22N4OS2. The summed E-state index contributed by atoms with van der Waals surface area (Å²) >= 11 is 3.36. The lowest BCUT2D eigenvalue weighted by Gasteiger charge is -2.28. The molecule has 6 rings (SSSR count). The summed E-state index contributed by atoms with van der Waals surface area (Å²) in [7, 11) is 0. The summed E-state index contributed by atoms with van der Waals surface area (Å²) in [4.78, 5) is 18.5.